The predicted octanol–water partition coefficient (Wildman–Crippen LogP) is 1.60. The second kappa shape index (κ2) is 11.5. The van der Waals surface area contributed by atoms with Gasteiger partial charge in [0.25, 0.3) is 6.47 Å². The van der Waals surface area contributed by atoms with Crippen LogP contribution in [-0.2, 0) is 27.3 Å². The molecule has 160 valence electrons. The Morgan fingerprint density at radius 3 is 2.66 bits per heavy atom. The van der Waals surface area contributed by atoms with Crippen molar-refractivity contribution in [2.45, 2.75) is 51.4 Å². The SMILES string of the molecule is CCCC(=O)N1C[C@H](F)C[C@H](NC(=O)CN2CCc3ccccc3C2)C1.O=CO. The predicted molar refractivity (Wildman–Crippen MR) is 107 cm³/mol. The van der Waals surface area contributed by atoms with E-state index in [-0.39, 0.29) is 37.3 Å². The van der Waals surface area contributed by atoms with Crippen LogP contribution in [0.25, 0.3) is 0 Å². The molecule has 1 saturated heterocycles. The number of halogens is 1. The fraction of sp³-hybridized carbons (Fsp3) is 0.571. The van der Waals surface area contributed by atoms with Crippen LogP contribution in [0.15, 0.2) is 24.3 Å². The third-order valence-electron chi connectivity index (χ3n) is 5.16. The van der Waals surface area contributed by atoms with Gasteiger partial charge in [-0.2, -0.15) is 0 Å². The number of benzene rings is 1. The first kappa shape index (κ1) is 22.8. The molecule has 0 saturated carbocycles. The van der Waals surface area contributed by atoms with Crippen molar-refractivity contribution in [3.05, 3.63) is 35.4 Å². The zero-order chi connectivity index (χ0) is 21.2. The number of piperidine rings is 1. The molecule has 0 aromatic heterocycles. The van der Waals surface area contributed by atoms with Crippen molar-refractivity contribution in [3.63, 3.8) is 0 Å². The zero-order valence-corrected chi connectivity index (χ0v) is 16.8. The van der Waals surface area contributed by atoms with Gasteiger partial charge in [-0.05, 0) is 24.0 Å². The van der Waals surface area contributed by atoms with Crippen LogP contribution in [0.2, 0.25) is 0 Å². The van der Waals surface area contributed by atoms with Crippen molar-refractivity contribution in [3.8, 4) is 0 Å². The third kappa shape index (κ3) is 7.12. The average Bonchev–Trinajstić information content (AvgIpc) is 2.68. The highest BCUT2D eigenvalue weighted by Crippen LogP contribution is 2.19. The van der Waals surface area contributed by atoms with Gasteiger partial charge in [0.15, 0.2) is 0 Å². The molecule has 1 fully saturated rings. The van der Waals surface area contributed by atoms with E-state index in [4.69, 9.17) is 9.90 Å². The van der Waals surface area contributed by atoms with Gasteiger partial charge < -0.3 is 15.3 Å². The molecule has 2 aliphatic rings. The first-order chi connectivity index (χ1) is 14.0. The number of carbonyl (C=O) groups is 3. The molecule has 1 aromatic carbocycles. The number of carbonyl (C=O) groups excluding carboxylic acids is 2. The summed E-state index contributed by atoms with van der Waals surface area (Å²) in [7, 11) is 0. The Kier molecular flexibility index (Phi) is 9.05. The molecular formula is C21H30FN3O4. The summed E-state index contributed by atoms with van der Waals surface area (Å²) in [5.41, 5.74) is 2.62. The summed E-state index contributed by atoms with van der Waals surface area (Å²) in [6.07, 6.45) is 1.33. The minimum atomic E-state index is -1.07. The standard InChI is InChI=1S/C20H28FN3O2.CH2O2/c1-2-5-20(26)24-12-17(21)10-18(13-24)22-19(25)14-23-9-8-15-6-3-4-7-16(15)11-23;2-1-3/h3-4,6-7,17-18H,2,5,8-14H2,1H3,(H,22,25);1H,(H,2,3)/t17-,18+;/m1./s1. The summed E-state index contributed by atoms with van der Waals surface area (Å²) in [6.45, 7) is 4.17. The smallest absolute Gasteiger partial charge is 0.290 e. The number of nitrogens with zero attached hydrogens (tertiary/aromatic N) is 2. The number of nitrogens with one attached hydrogen (secondary N) is 1. The van der Waals surface area contributed by atoms with Crippen molar-refractivity contribution in [1.29, 1.82) is 0 Å². The van der Waals surface area contributed by atoms with Gasteiger partial charge >= 0.3 is 0 Å². The Labute approximate surface area is 170 Å². The highest BCUT2D eigenvalue weighted by Gasteiger charge is 2.30. The molecule has 2 amide bonds. The number of likely N-dealkylation sites (tertiary alicyclic amines) is 1. The van der Waals surface area contributed by atoms with Gasteiger partial charge in [0.1, 0.15) is 6.17 Å². The van der Waals surface area contributed by atoms with E-state index in [1.165, 1.54) is 11.1 Å². The summed E-state index contributed by atoms with van der Waals surface area (Å²) in [5, 5.41) is 9.82. The van der Waals surface area contributed by atoms with Gasteiger partial charge in [-0.25, -0.2) is 4.39 Å². The van der Waals surface area contributed by atoms with Gasteiger partial charge in [-0.15, -0.1) is 0 Å². The van der Waals surface area contributed by atoms with Gasteiger partial charge in [-0.1, -0.05) is 31.2 Å². The molecule has 1 aromatic rings. The lowest BCUT2D eigenvalue weighted by molar-refractivity contribution is -0.135. The fourth-order valence-electron chi connectivity index (χ4n) is 3.88. The maximum atomic E-state index is 14.0. The average molecular weight is 407 g/mol. The van der Waals surface area contributed by atoms with Crippen molar-refractivity contribution in [1.82, 2.24) is 15.1 Å². The van der Waals surface area contributed by atoms with Crippen LogP contribution in [0.1, 0.15) is 37.3 Å². The monoisotopic (exact) mass is 407 g/mol. The number of fused-ring (bicyclic) bond motifs is 1. The Hall–Kier alpha value is -2.48. The van der Waals surface area contributed by atoms with Crippen LogP contribution in [0, 0.1) is 0 Å². The van der Waals surface area contributed by atoms with Gasteiger partial charge in [-0.3, -0.25) is 19.3 Å². The minimum Gasteiger partial charge on any atom is -0.483 e. The summed E-state index contributed by atoms with van der Waals surface area (Å²) >= 11 is 0. The topological polar surface area (TPSA) is 90.0 Å². The van der Waals surface area contributed by atoms with Crippen molar-refractivity contribution < 1.29 is 23.9 Å². The van der Waals surface area contributed by atoms with E-state index in [2.05, 4.69) is 22.3 Å². The summed E-state index contributed by atoms with van der Waals surface area (Å²) < 4.78 is 14.0. The normalized spacial score (nSPS) is 21.4. The van der Waals surface area contributed by atoms with E-state index in [0.29, 0.717) is 19.5 Å². The van der Waals surface area contributed by atoms with Gasteiger partial charge in [0, 0.05) is 38.5 Å². The molecule has 2 aliphatic heterocycles. The van der Waals surface area contributed by atoms with Gasteiger partial charge in [0.05, 0.1) is 13.1 Å². The van der Waals surface area contributed by atoms with Crippen LogP contribution in [-0.4, -0.2) is 71.6 Å². The third-order valence-corrected chi connectivity index (χ3v) is 5.16. The number of rotatable bonds is 5. The Balaban J connectivity index is 0.000000941. The molecule has 29 heavy (non-hydrogen) atoms. The minimum absolute atomic E-state index is 0.0262. The van der Waals surface area contributed by atoms with Crippen molar-refractivity contribution >= 4 is 18.3 Å². The molecular weight excluding hydrogens is 377 g/mol. The fourth-order valence-corrected chi connectivity index (χ4v) is 3.88. The lowest BCUT2D eigenvalue weighted by Crippen LogP contribution is -2.54. The molecule has 2 atom stereocenters. The molecule has 2 heterocycles. The summed E-state index contributed by atoms with van der Waals surface area (Å²) in [5.74, 6) is -0.117. The number of amides is 2. The Morgan fingerprint density at radius 2 is 1.97 bits per heavy atom. The Bertz CT molecular complexity index is 700. The van der Waals surface area contributed by atoms with E-state index in [9.17, 15) is 14.0 Å². The van der Waals surface area contributed by atoms with Gasteiger partial charge in [0.2, 0.25) is 11.8 Å². The number of alkyl halides is 1. The highest BCUT2D eigenvalue weighted by atomic mass is 19.1. The molecule has 7 nitrogen and oxygen atoms in total. The van der Waals surface area contributed by atoms with E-state index < -0.39 is 6.17 Å². The number of hydrogen-bond acceptors (Lipinski definition) is 4. The molecule has 0 aliphatic carbocycles. The largest absolute Gasteiger partial charge is 0.483 e. The second-order valence-corrected chi connectivity index (χ2v) is 7.48. The Morgan fingerprint density at radius 1 is 1.28 bits per heavy atom. The molecule has 8 heteroatoms. The molecule has 0 bridgehead atoms. The first-order valence-electron chi connectivity index (χ1n) is 10.0. The van der Waals surface area contributed by atoms with Crippen molar-refractivity contribution in [2.24, 2.45) is 0 Å². The molecule has 2 N–H and O–H groups in total. The second-order valence-electron chi connectivity index (χ2n) is 7.48. The summed E-state index contributed by atoms with van der Waals surface area (Å²) in [4.78, 5) is 36.5. The van der Waals surface area contributed by atoms with Crippen LogP contribution in [0.4, 0.5) is 4.39 Å². The van der Waals surface area contributed by atoms with Crippen LogP contribution in [0.3, 0.4) is 0 Å². The van der Waals surface area contributed by atoms with Crippen LogP contribution >= 0.6 is 0 Å². The van der Waals surface area contributed by atoms with E-state index >= 15 is 0 Å². The van der Waals surface area contributed by atoms with E-state index in [0.717, 1.165) is 25.9 Å². The molecule has 0 unspecified atom stereocenters. The lowest BCUT2D eigenvalue weighted by Gasteiger charge is -2.36. The maximum Gasteiger partial charge on any atom is 0.290 e. The number of carboxylic acid groups (broad SMARTS) is 1. The van der Waals surface area contributed by atoms with E-state index in [1.54, 1.807) is 4.90 Å². The maximum absolute atomic E-state index is 14.0. The van der Waals surface area contributed by atoms with Crippen LogP contribution in [0.5, 0.6) is 0 Å². The highest BCUT2D eigenvalue weighted by molar-refractivity contribution is 5.79. The molecule has 0 spiro atoms. The first-order valence-corrected chi connectivity index (χ1v) is 10.0. The van der Waals surface area contributed by atoms with E-state index in [1.807, 2.05) is 19.1 Å². The zero-order valence-electron chi connectivity index (χ0n) is 16.8. The quantitative estimate of drug-likeness (QED) is 0.724. The molecule has 0 radical (unpaired) electrons. The molecule has 3 rings (SSSR count). The number of hydrogen-bond donors (Lipinski definition) is 2. The van der Waals surface area contributed by atoms with Crippen LogP contribution < -0.4 is 5.32 Å². The lowest BCUT2D eigenvalue weighted by atomic mass is 10.00. The summed E-state index contributed by atoms with van der Waals surface area (Å²) in [6, 6.07) is 8.00. The van der Waals surface area contributed by atoms with Crippen molar-refractivity contribution in [2.75, 3.05) is 26.2 Å².